The highest BCUT2D eigenvalue weighted by atomic mass is 19.1. The Bertz CT molecular complexity index is 435. The number of rotatable bonds is 6. The molecule has 18 heavy (non-hydrogen) atoms. The summed E-state index contributed by atoms with van der Waals surface area (Å²) in [6, 6.07) is 1.09. The minimum atomic E-state index is -1.35. The minimum absolute atomic E-state index is 0.105. The Morgan fingerprint density at radius 3 is 2.83 bits per heavy atom. The first kappa shape index (κ1) is 14.4. The predicted molar refractivity (Wildman–Crippen MR) is 65.2 cm³/mol. The SMILES string of the molecule is CCCC(C)(O)CNc1nccc(C(=O)O)c1F. The molecule has 100 valence electrons. The summed E-state index contributed by atoms with van der Waals surface area (Å²) in [6.07, 6.45) is 2.56. The quantitative estimate of drug-likeness (QED) is 0.724. The van der Waals surface area contributed by atoms with Gasteiger partial charge in [0.2, 0.25) is 0 Å². The van der Waals surface area contributed by atoms with E-state index in [1.807, 2.05) is 6.92 Å². The van der Waals surface area contributed by atoms with E-state index < -0.39 is 23.0 Å². The van der Waals surface area contributed by atoms with E-state index in [0.717, 1.165) is 12.5 Å². The van der Waals surface area contributed by atoms with Crippen LogP contribution in [-0.2, 0) is 0 Å². The van der Waals surface area contributed by atoms with Gasteiger partial charge in [0, 0.05) is 12.7 Å². The van der Waals surface area contributed by atoms with Gasteiger partial charge in [-0.3, -0.25) is 0 Å². The van der Waals surface area contributed by atoms with E-state index in [-0.39, 0.29) is 12.4 Å². The average molecular weight is 256 g/mol. The minimum Gasteiger partial charge on any atom is -0.478 e. The number of aromatic carboxylic acids is 1. The number of hydrogen-bond acceptors (Lipinski definition) is 4. The van der Waals surface area contributed by atoms with Crippen LogP contribution in [0.15, 0.2) is 12.3 Å². The maximum atomic E-state index is 13.7. The van der Waals surface area contributed by atoms with Crippen LogP contribution in [0.25, 0.3) is 0 Å². The molecule has 6 heteroatoms. The molecule has 0 spiro atoms. The number of carboxylic acid groups (broad SMARTS) is 1. The second-order valence-corrected chi connectivity index (χ2v) is 4.43. The third-order valence-corrected chi connectivity index (χ3v) is 2.54. The fourth-order valence-corrected chi connectivity index (χ4v) is 1.63. The number of nitrogens with one attached hydrogen (secondary N) is 1. The van der Waals surface area contributed by atoms with Crippen molar-refractivity contribution in [3.05, 3.63) is 23.6 Å². The number of aromatic nitrogens is 1. The number of pyridine rings is 1. The molecule has 0 aliphatic rings. The van der Waals surface area contributed by atoms with Crippen LogP contribution in [0.2, 0.25) is 0 Å². The molecule has 1 heterocycles. The number of aliphatic hydroxyl groups is 1. The van der Waals surface area contributed by atoms with Crippen molar-refractivity contribution in [3.63, 3.8) is 0 Å². The molecule has 3 N–H and O–H groups in total. The molecule has 0 saturated heterocycles. The van der Waals surface area contributed by atoms with Crippen LogP contribution in [0.3, 0.4) is 0 Å². The molecule has 1 aromatic rings. The van der Waals surface area contributed by atoms with Crippen molar-refractivity contribution < 1.29 is 19.4 Å². The van der Waals surface area contributed by atoms with Crippen LogP contribution >= 0.6 is 0 Å². The molecule has 1 atom stereocenters. The van der Waals surface area contributed by atoms with E-state index in [0.29, 0.717) is 6.42 Å². The maximum absolute atomic E-state index is 13.7. The molecule has 0 saturated carbocycles. The first-order valence-electron chi connectivity index (χ1n) is 5.71. The van der Waals surface area contributed by atoms with Gasteiger partial charge in [-0.25, -0.2) is 14.2 Å². The summed E-state index contributed by atoms with van der Waals surface area (Å²) >= 11 is 0. The van der Waals surface area contributed by atoms with Crippen LogP contribution < -0.4 is 5.32 Å². The molecule has 0 radical (unpaired) electrons. The van der Waals surface area contributed by atoms with Crippen LogP contribution in [0, 0.1) is 5.82 Å². The van der Waals surface area contributed by atoms with Gasteiger partial charge in [0.15, 0.2) is 11.6 Å². The first-order valence-corrected chi connectivity index (χ1v) is 5.71. The molecule has 1 aromatic heterocycles. The van der Waals surface area contributed by atoms with Crippen LogP contribution in [-0.4, -0.2) is 33.3 Å². The van der Waals surface area contributed by atoms with E-state index in [4.69, 9.17) is 5.11 Å². The summed E-state index contributed by atoms with van der Waals surface area (Å²) in [5.74, 6) is -2.43. The highest BCUT2D eigenvalue weighted by Crippen LogP contribution is 2.17. The smallest absolute Gasteiger partial charge is 0.338 e. The van der Waals surface area contributed by atoms with Gasteiger partial charge in [0.1, 0.15) is 5.56 Å². The summed E-state index contributed by atoms with van der Waals surface area (Å²) in [4.78, 5) is 14.5. The van der Waals surface area contributed by atoms with Crippen molar-refractivity contribution >= 4 is 11.8 Å². The zero-order valence-electron chi connectivity index (χ0n) is 10.4. The number of hydrogen-bond donors (Lipinski definition) is 3. The fourth-order valence-electron chi connectivity index (χ4n) is 1.63. The Morgan fingerprint density at radius 2 is 2.28 bits per heavy atom. The van der Waals surface area contributed by atoms with Crippen LogP contribution in [0.1, 0.15) is 37.0 Å². The van der Waals surface area contributed by atoms with E-state index >= 15 is 0 Å². The molecule has 0 fully saturated rings. The highest BCUT2D eigenvalue weighted by Gasteiger charge is 2.21. The molecule has 0 amide bonds. The van der Waals surface area contributed by atoms with Crippen molar-refractivity contribution in [1.29, 1.82) is 0 Å². The number of halogens is 1. The predicted octanol–water partition coefficient (Wildman–Crippen LogP) is 1.88. The molecule has 0 aromatic carbocycles. The number of anilines is 1. The van der Waals surface area contributed by atoms with Gasteiger partial charge in [0.05, 0.1) is 5.60 Å². The lowest BCUT2D eigenvalue weighted by Gasteiger charge is -2.23. The lowest BCUT2D eigenvalue weighted by atomic mass is 10.0. The van der Waals surface area contributed by atoms with E-state index in [1.54, 1.807) is 6.92 Å². The van der Waals surface area contributed by atoms with Gasteiger partial charge in [-0.05, 0) is 19.4 Å². The molecule has 5 nitrogen and oxygen atoms in total. The van der Waals surface area contributed by atoms with Gasteiger partial charge in [0.25, 0.3) is 0 Å². The van der Waals surface area contributed by atoms with Crippen molar-refractivity contribution in [2.75, 3.05) is 11.9 Å². The van der Waals surface area contributed by atoms with E-state index in [9.17, 15) is 14.3 Å². The second kappa shape index (κ2) is 5.77. The molecular weight excluding hydrogens is 239 g/mol. The topological polar surface area (TPSA) is 82.5 Å². The number of carboxylic acids is 1. The number of carbonyl (C=O) groups is 1. The monoisotopic (exact) mass is 256 g/mol. The Labute approximate surface area is 105 Å². The average Bonchev–Trinajstić information content (AvgIpc) is 2.27. The zero-order chi connectivity index (χ0) is 13.8. The summed E-state index contributed by atoms with van der Waals surface area (Å²) < 4.78 is 13.7. The Balaban J connectivity index is 2.80. The standard InChI is InChI=1S/C12H17FN2O3/c1-3-5-12(2,18)7-15-10-9(13)8(11(16)17)4-6-14-10/h4,6,18H,3,5,7H2,1-2H3,(H,14,15)(H,16,17). The summed E-state index contributed by atoms with van der Waals surface area (Å²) in [5.41, 5.74) is -1.43. The first-order chi connectivity index (χ1) is 8.37. The molecule has 1 rings (SSSR count). The summed E-state index contributed by atoms with van der Waals surface area (Å²) in [6.45, 7) is 3.66. The Kier molecular flexibility index (Phi) is 4.61. The lowest BCUT2D eigenvalue weighted by molar-refractivity contribution is 0.0635. The second-order valence-electron chi connectivity index (χ2n) is 4.43. The number of nitrogens with zero attached hydrogens (tertiary/aromatic N) is 1. The van der Waals surface area contributed by atoms with Crippen LogP contribution in [0.4, 0.5) is 10.2 Å². The summed E-state index contributed by atoms with van der Waals surface area (Å²) in [5, 5.41) is 21.3. The maximum Gasteiger partial charge on any atom is 0.338 e. The van der Waals surface area contributed by atoms with Crippen molar-refractivity contribution in [3.8, 4) is 0 Å². The van der Waals surface area contributed by atoms with Gasteiger partial charge in [-0.1, -0.05) is 13.3 Å². The normalized spacial score (nSPS) is 14.0. The van der Waals surface area contributed by atoms with Gasteiger partial charge < -0.3 is 15.5 Å². The third kappa shape index (κ3) is 3.66. The van der Waals surface area contributed by atoms with Gasteiger partial charge in [-0.15, -0.1) is 0 Å². The Morgan fingerprint density at radius 1 is 1.61 bits per heavy atom. The molecule has 1 unspecified atom stereocenters. The van der Waals surface area contributed by atoms with Crippen molar-refractivity contribution in [1.82, 2.24) is 4.98 Å². The van der Waals surface area contributed by atoms with Gasteiger partial charge in [-0.2, -0.15) is 0 Å². The molecular formula is C12H17FN2O3. The third-order valence-electron chi connectivity index (χ3n) is 2.54. The van der Waals surface area contributed by atoms with Crippen molar-refractivity contribution in [2.45, 2.75) is 32.3 Å². The molecule has 0 aliphatic carbocycles. The van der Waals surface area contributed by atoms with E-state index in [2.05, 4.69) is 10.3 Å². The van der Waals surface area contributed by atoms with Crippen molar-refractivity contribution in [2.24, 2.45) is 0 Å². The zero-order valence-corrected chi connectivity index (χ0v) is 10.4. The van der Waals surface area contributed by atoms with E-state index in [1.165, 1.54) is 6.20 Å². The fraction of sp³-hybridized carbons (Fsp3) is 0.500. The summed E-state index contributed by atoms with van der Waals surface area (Å²) in [7, 11) is 0. The lowest BCUT2D eigenvalue weighted by Crippen LogP contribution is -2.33. The molecule has 0 aliphatic heterocycles. The largest absolute Gasteiger partial charge is 0.478 e. The van der Waals surface area contributed by atoms with Crippen LogP contribution in [0.5, 0.6) is 0 Å². The molecule has 0 bridgehead atoms. The Hall–Kier alpha value is -1.69. The highest BCUT2D eigenvalue weighted by molar-refractivity contribution is 5.88. The van der Waals surface area contributed by atoms with Gasteiger partial charge >= 0.3 is 5.97 Å².